The number of thiazole rings is 1. The summed E-state index contributed by atoms with van der Waals surface area (Å²) in [5, 5.41) is 3.61. The number of aryl methyl sites for hydroxylation is 1. The number of nitrogens with zero attached hydrogens (tertiary/aromatic N) is 1. The second-order valence-electron chi connectivity index (χ2n) is 4.22. The molecule has 0 bridgehead atoms. The predicted octanol–water partition coefficient (Wildman–Crippen LogP) is 2.28. The number of rotatable bonds is 4. The molecule has 4 heteroatoms. The van der Waals surface area contributed by atoms with E-state index in [1.54, 1.807) is 18.4 Å². The number of methoxy groups -OCH3 is 1. The molecule has 1 N–H and O–H groups in total. The van der Waals surface area contributed by atoms with E-state index >= 15 is 0 Å². The summed E-state index contributed by atoms with van der Waals surface area (Å²) in [5.74, 6) is 0. The van der Waals surface area contributed by atoms with Crippen molar-refractivity contribution in [1.82, 2.24) is 10.3 Å². The molecule has 1 aromatic rings. The lowest BCUT2D eigenvalue weighted by molar-refractivity contribution is 0.0148. The minimum atomic E-state index is 0.417. The van der Waals surface area contributed by atoms with E-state index in [1.165, 1.54) is 4.88 Å². The van der Waals surface area contributed by atoms with Gasteiger partial charge in [-0.1, -0.05) is 0 Å². The van der Waals surface area contributed by atoms with Crippen LogP contribution >= 0.6 is 11.3 Å². The van der Waals surface area contributed by atoms with Crippen molar-refractivity contribution in [3.05, 3.63) is 16.1 Å². The zero-order chi connectivity index (χ0) is 10.8. The van der Waals surface area contributed by atoms with Crippen molar-refractivity contribution < 1.29 is 4.74 Å². The fourth-order valence-corrected chi connectivity index (χ4v) is 2.87. The first-order valence-electron chi connectivity index (χ1n) is 5.39. The summed E-state index contributed by atoms with van der Waals surface area (Å²) in [6.07, 6.45) is 2.74. The third-order valence-corrected chi connectivity index (χ3v) is 4.20. The summed E-state index contributed by atoms with van der Waals surface area (Å²) < 4.78 is 5.26. The van der Waals surface area contributed by atoms with Crippen molar-refractivity contribution >= 4 is 11.3 Å². The standard InChI is InChI=1S/C11H18N2OS/c1-7-11(15-6-12-7)8(2)13-9-4-10(5-9)14-3/h6,8-10,13H,4-5H2,1-3H3. The second-order valence-corrected chi connectivity index (χ2v) is 5.10. The Kier molecular flexibility index (Phi) is 3.38. The van der Waals surface area contributed by atoms with E-state index in [0.717, 1.165) is 18.5 Å². The highest BCUT2D eigenvalue weighted by molar-refractivity contribution is 7.09. The van der Waals surface area contributed by atoms with Gasteiger partial charge in [0.05, 0.1) is 17.3 Å². The van der Waals surface area contributed by atoms with E-state index in [9.17, 15) is 0 Å². The van der Waals surface area contributed by atoms with Crippen LogP contribution in [0.1, 0.15) is 36.4 Å². The van der Waals surface area contributed by atoms with E-state index in [0.29, 0.717) is 18.2 Å². The molecule has 0 aromatic carbocycles. The Labute approximate surface area is 94.9 Å². The van der Waals surface area contributed by atoms with Crippen molar-refractivity contribution in [3.63, 3.8) is 0 Å². The molecule has 0 amide bonds. The van der Waals surface area contributed by atoms with Crippen molar-refractivity contribution in [2.45, 2.75) is 44.9 Å². The third kappa shape index (κ3) is 2.38. The quantitative estimate of drug-likeness (QED) is 0.855. The van der Waals surface area contributed by atoms with Crippen LogP contribution in [0.15, 0.2) is 5.51 Å². The van der Waals surface area contributed by atoms with Crippen molar-refractivity contribution in [2.75, 3.05) is 7.11 Å². The molecule has 1 aromatic heterocycles. The molecule has 15 heavy (non-hydrogen) atoms. The van der Waals surface area contributed by atoms with Crippen LogP contribution in [-0.4, -0.2) is 24.2 Å². The number of aromatic nitrogens is 1. The average molecular weight is 226 g/mol. The molecule has 0 saturated heterocycles. The topological polar surface area (TPSA) is 34.1 Å². The highest BCUT2D eigenvalue weighted by Gasteiger charge is 2.30. The molecule has 1 aliphatic carbocycles. The van der Waals surface area contributed by atoms with Gasteiger partial charge in [0.25, 0.3) is 0 Å². The van der Waals surface area contributed by atoms with Crippen molar-refractivity contribution in [3.8, 4) is 0 Å². The van der Waals surface area contributed by atoms with Gasteiger partial charge in [-0.2, -0.15) is 0 Å². The van der Waals surface area contributed by atoms with Crippen LogP contribution in [-0.2, 0) is 4.74 Å². The summed E-state index contributed by atoms with van der Waals surface area (Å²) in [6, 6.07) is 1.03. The van der Waals surface area contributed by atoms with Crippen LogP contribution in [0, 0.1) is 6.92 Å². The smallest absolute Gasteiger partial charge is 0.0798 e. The largest absolute Gasteiger partial charge is 0.381 e. The normalized spacial score (nSPS) is 27.4. The Hall–Kier alpha value is -0.450. The second kappa shape index (κ2) is 4.60. The fourth-order valence-electron chi connectivity index (χ4n) is 2.05. The van der Waals surface area contributed by atoms with Crippen molar-refractivity contribution in [1.29, 1.82) is 0 Å². The molecule has 0 radical (unpaired) electrons. The van der Waals surface area contributed by atoms with Crippen LogP contribution in [0.3, 0.4) is 0 Å². The Morgan fingerprint density at radius 2 is 2.33 bits per heavy atom. The minimum Gasteiger partial charge on any atom is -0.381 e. The first kappa shape index (κ1) is 11.0. The van der Waals surface area contributed by atoms with Gasteiger partial charge in [0, 0.05) is 24.1 Å². The van der Waals surface area contributed by atoms with E-state index in [1.807, 2.05) is 5.51 Å². The molecular weight excluding hydrogens is 208 g/mol. The lowest BCUT2D eigenvalue weighted by Crippen LogP contribution is -2.45. The van der Waals surface area contributed by atoms with E-state index in [-0.39, 0.29) is 0 Å². The first-order chi connectivity index (χ1) is 7.20. The minimum absolute atomic E-state index is 0.417. The summed E-state index contributed by atoms with van der Waals surface area (Å²) in [6.45, 7) is 4.28. The van der Waals surface area contributed by atoms with Gasteiger partial charge in [0.15, 0.2) is 0 Å². The molecule has 1 unspecified atom stereocenters. The van der Waals surface area contributed by atoms with E-state index in [4.69, 9.17) is 4.74 Å². The lowest BCUT2D eigenvalue weighted by atomic mass is 9.88. The van der Waals surface area contributed by atoms with Gasteiger partial charge >= 0.3 is 0 Å². The Morgan fingerprint density at radius 3 is 2.87 bits per heavy atom. The van der Waals surface area contributed by atoms with Crippen molar-refractivity contribution in [2.24, 2.45) is 0 Å². The number of nitrogens with one attached hydrogen (secondary N) is 1. The summed E-state index contributed by atoms with van der Waals surface area (Å²) in [5.41, 5.74) is 3.07. The highest BCUT2D eigenvalue weighted by Crippen LogP contribution is 2.27. The van der Waals surface area contributed by atoms with Gasteiger partial charge in [0.2, 0.25) is 0 Å². The maximum atomic E-state index is 5.26. The first-order valence-corrected chi connectivity index (χ1v) is 6.27. The Morgan fingerprint density at radius 1 is 1.60 bits per heavy atom. The Bertz CT molecular complexity index is 320. The van der Waals surface area contributed by atoms with Gasteiger partial charge in [-0.3, -0.25) is 0 Å². The fraction of sp³-hybridized carbons (Fsp3) is 0.727. The van der Waals surface area contributed by atoms with Gasteiger partial charge in [-0.15, -0.1) is 11.3 Å². The highest BCUT2D eigenvalue weighted by atomic mass is 32.1. The van der Waals surface area contributed by atoms with Crippen LogP contribution in [0.4, 0.5) is 0 Å². The SMILES string of the molecule is COC1CC(NC(C)c2scnc2C)C1. The van der Waals surface area contributed by atoms with E-state index in [2.05, 4.69) is 24.1 Å². The van der Waals surface area contributed by atoms with Crippen LogP contribution in [0.5, 0.6) is 0 Å². The molecule has 1 aliphatic rings. The maximum absolute atomic E-state index is 5.26. The molecule has 84 valence electrons. The predicted molar refractivity (Wildman–Crippen MR) is 62.2 cm³/mol. The zero-order valence-electron chi connectivity index (χ0n) is 9.49. The van der Waals surface area contributed by atoms with Crippen LogP contribution in [0.25, 0.3) is 0 Å². The maximum Gasteiger partial charge on any atom is 0.0798 e. The summed E-state index contributed by atoms with van der Waals surface area (Å²) in [7, 11) is 1.79. The Balaban J connectivity index is 1.84. The number of hydrogen-bond donors (Lipinski definition) is 1. The van der Waals surface area contributed by atoms with Crippen LogP contribution in [0.2, 0.25) is 0 Å². The van der Waals surface area contributed by atoms with Gasteiger partial charge < -0.3 is 10.1 Å². The molecule has 1 fully saturated rings. The molecule has 1 saturated carbocycles. The average Bonchev–Trinajstić information content (AvgIpc) is 2.56. The molecule has 0 spiro atoms. The summed E-state index contributed by atoms with van der Waals surface area (Å²) >= 11 is 1.74. The molecule has 1 heterocycles. The molecule has 3 nitrogen and oxygen atoms in total. The number of hydrogen-bond acceptors (Lipinski definition) is 4. The summed E-state index contributed by atoms with van der Waals surface area (Å²) in [4.78, 5) is 5.63. The van der Waals surface area contributed by atoms with Gasteiger partial charge in [-0.25, -0.2) is 4.98 Å². The van der Waals surface area contributed by atoms with E-state index < -0.39 is 0 Å². The van der Waals surface area contributed by atoms with Gasteiger partial charge in [0.1, 0.15) is 0 Å². The molecule has 1 atom stereocenters. The van der Waals surface area contributed by atoms with Crippen LogP contribution < -0.4 is 5.32 Å². The molecule has 0 aliphatic heterocycles. The number of ether oxygens (including phenoxy) is 1. The molecular formula is C11H18N2OS. The lowest BCUT2D eigenvalue weighted by Gasteiger charge is -2.36. The zero-order valence-corrected chi connectivity index (χ0v) is 10.3. The monoisotopic (exact) mass is 226 g/mol. The third-order valence-electron chi connectivity index (χ3n) is 3.09. The molecule has 2 rings (SSSR count). The van der Waals surface area contributed by atoms with Gasteiger partial charge in [-0.05, 0) is 26.7 Å².